The van der Waals surface area contributed by atoms with E-state index in [0.717, 1.165) is 6.07 Å². The average molecular weight is 269 g/mol. The molecule has 0 saturated heterocycles. The van der Waals surface area contributed by atoms with Gasteiger partial charge in [-0.15, -0.1) is 0 Å². The molecule has 17 heavy (non-hydrogen) atoms. The Bertz CT molecular complexity index is 581. The molecule has 0 bridgehead atoms. The lowest BCUT2D eigenvalue weighted by atomic mass is 10.0. The van der Waals surface area contributed by atoms with E-state index in [9.17, 15) is 9.18 Å². The van der Waals surface area contributed by atoms with E-state index in [1.807, 2.05) is 0 Å². The van der Waals surface area contributed by atoms with E-state index in [0.29, 0.717) is 10.6 Å². The highest BCUT2D eigenvalue weighted by molar-refractivity contribution is 6.31. The van der Waals surface area contributed by atoms with Crippen molar-refractivity contribution in [2.75, 3.05) is 0 Å². The molecule has 0 saturated carbocycles. The lowest BCUT2D eigenvalue weighted by Crippen LogP contribution is -2.04. The standard InChI is InChI=1S/C13H7Cl2FO/c14-9-3-1-2-8(6-9)13(17)11-5-4-10(15)7-12(11)16/h1-7H. The summed E-state index contributed by atoms with van der Waals surface area (Å²) in [4.78, 5) is 12.0. The molecule has 86 valence electrons. The molecule has 0 atom stereocenters. The third-order valence-corrected chi connectivity index (χ3v) is 2.73. The topological polar surface area (TPSA) is 17.1 Å². The predicted octanol–water partition coefficient (Wildman–Crippen LogP) is 4.36. The van der Waals surface area contributed by atoms with Crippen molar-refractivity contribution in [2.24, 2.45) is 0 Å². The van der Waals surface area contributed by atoms with Crippen molar-refractivity contribution < 1.29 is 9.18 Å². The summed E-state index contributed by atoms with van der Waals surface area (Å²) >= 11 is 11.4. The summed E-state index contributed by atoms with van der Waals surface area (Å²) in [6, 6.07) is 10.3. The van der Waals surface area contributed by atoms with Gasteiger partial charge in [0.25, 0.3) is 0 Å². The summed E-state index contributed by atoms with van der Waals surface area (Å²) in [7, 11) is 0. The quantitative estimate of drug-likeness (QED) is 0.740. The Morgan fingerprint density at radius 2 is 1.71 bits per heavy atom. The maximum atomic E-state index is 13.5. The van der Waals surface area contributed by atoms with Gasteiger partial charge < -0.3 is 0 Å². The number of hydrogen-bond acceptors (Lipinski definition) is 1. The lowest BCUT2D eigenvalue weighted by Gasteiger charge is -2.03. The van der Waals surface area contributed by atoms with Crippen LogP contribution in [0.15, 0.2) is 42.5 Å². The molecule has 0 N–H and O–H groups in total. The molecule has 2 rings (SSSR count). The minimum atomic E-state index is -0.637. The second kappa shape index (κ2) is 4.86. The molecule has 0 aliphatic rings. The fourth-order valence-corrected chi connectivity index (χ4v) is 1.81. The van der Waals surface area contributed by atoms with E-state index < -0.39 is 11.6 Å². The van der Waals surface area contributed by atoms with Gasteiger partial charge in [0, 0.05) is 15.6 Å². The van der Waals surface area contributed by atoms with E-state index in [4.69, 9.17) is 23.2 Å². The molecule has 0 aliphatic carbocycles. The van der Waals surface area contributed by atoms with Crippen LogP contribution in [0.3, 0.4) is 0 Å². The third kappa shape index (κ3) is 2.65. The van der Waals surface area contributed by atoms with Gasteiger partial charge in [-0.3, -0.25) is 4.79 Å². The Hall–Kier alpha value is -1.38. The fraction of sp³-hybridized carbons (Fsp3) is 0. The largest absolute Gasteiger partial charge is 0.288 e. The third-order valence-electron chi connectivity index (χ3n) is 2.26. The van der Waals surface area contributed by atoms with E-state index in [1.165, 1.54) is 18.2 Å². The van der Waals surface area contributed by atoms with Crippen LogP contribution in [-0.4, -0.2) is 5.78 Å². The van der Waals surface area contributed by atoms with Crippen molar-refractivity contribution in [3.63, 3.8) is 0 Å². The maximum absolute atomic E-state index is 13.5. The van der Waals surface area contributed by atoms with Crippen LogP contribution in [0.4, 0.5) is 4.39 Å². The van der Waals surface area contributed by atoms with E-state index >= 15 is 0 Å². The number of carbonyl (C=O) groups excluding carboxylic acids is 1. The van der Waals surface area contributed by atoms with Crippen LogP contribution in [0.5, 0.6) is 0 Å². The van der Waals surface area contributed by atoms with Gasteiger partial charge in [-0.1, -0.05) is 35.3 Å². The number of hydrogen-bond donors (Lipinski definition) is 0. The van der Waals surface area contributed by atoms with Gasteiger partial charge in [-0.25, -0.2) is 4.39 Å². The first-order valence-electron chi connectivity index (χ1n) is 4.83. The fourth-order valence-electron chi connectivity index (χ4n) is 1.46. The maximum Gasteiger partial charge on any atom is 0.196 e. The van der Waals surface area contributed by atoms with Crippen LogP contribution >= 0.6 is 23.2 Å². The molecule has 0 heterocycles. The molecule has 1 nitrogen and oxygen atoms in total. The van der Waals surface area contributed by atoms with Crippen LogP contribution in [0.25, 0.3) is 0 Å². The van der Waals surface area contributed by atoms with E-state index in [2.05, 4.69) is 0 Å². The minimum absolute atomic E-state index is 0.0170. The Morgan fingerprint density at radius 1 is 1.00 bits per heavy atom. The van der Waals surface area contributed by atoms with Gasteiger partial charge >= 0.3 is 0 Å². The zero-order valence-electron chi connectivity index (χ0n) is 8.58. The summed E-state index contributed by atoms with van der Waals surface area (Å²) in [5.41, 5.74) is 0.329. The van der Waals surface area contributed by atoms with Crippen molar-refractivity contribution in [2.45, 2.75) is 0 Å². The zero-order valence-corrected chi connectivity index (χ0v) is 10.1. The molecule has 2 aromatic carbocycles. The number of halogens is 3. The van der Waals surface area contributed by atoms with Gasteiger partial charge in [0.2, 0.25) is 0 Å². The van der Waals surface area contributed by atoms with Crippen LogP contribution in [0.2, 0.25) is 10.0 Å². The Balaban J connectivity index is 2.44. The summed E-state index contributed by atoms with van der Waals surface area (Å²) < 4.78 is 13.5. The molecule has 0 fully saturated rings. The second-order valence-corrected chi connectivity index (χ2v) is 4.34. The Labute approximate surface area is 108 Å². The van der Waals surface area contributed by atoms with Crippen molar-refractivity contribution >= 4 is 29.0 Å². The van der Waals surface area contributed by atoms with Crippen LogP contribution < -0.4 is 0 Å². The van der Waals surface area contributed by atoms with Crippen molar-refractivity contribution in [3.05, 3.63) is 69.5 Å². The van der Waals surface area contributed by atoms with Gasteiger partial charge in [0.05, 0.1) is 5.56 Å². The lowest BCUT2D eigenvalue weighted by molar-refractivity contribution is 0.103. The van der Waals surface area contributed by atoms with Gasteiger partial charge in [0.15, 0.2) is 5.78 Å². The smallest absolute Gasteiger partial charge is 0.196 e. The average Bonchev–Trinajstić information content (AvgIpc) is 2.28. The molecule has 2 aromatic rings. The second-order valence-electron chi connectivity index (χ2n) is 3.46. The van der Waals surface area contributed by atoms with Crippen molar-refractivity contribution in [3.8, 4) is 0 Å². The molecule has 0 spiro atoms. The molecular formula is C13H7Cl2FO. The molecule has 4 heteroatoms. The van der Waals surface area contributed by atoms with Gasteiger partial charge in [0.1, 0.15) is 5.82 Å². The first kappa shape index (κ1) is 12.1. The highest BCUT2D eigenvalue weighted by Gasteiger charge is 2.14. The monoisotopic (exact) mass is 268 g/mol. The molecule has 0 unspecified atom stereocenters. The van der Waals surface area contributed by atoms with Crippen molar-refractivity contribution in [1.82, 2.24) is 0 Å². The SMILES string of the molecule is O=C(c1cccc(Cl)c1)c1ccc(Cl)cc1F. The summed E-state index contributed by atoms with van der Waals surface area (Å²) in [6.07, 6.45) is 0. The summed E-state index contributed by atoms with van der Waals surface area (Å²) in [5.74, 6) is -1.05. The molecule has 0 radical (unpaired) electrons. The van der Waals surface area contributed by atoms with E-state index in [1.54, 1.807) is 18.2 Å². The van der Waals surface area contributed by atoms with E-state index in [-0.39, 0.29) is 10.6 Å². The number of benzene rings is 2. The normalized spacial score (nSPS) is 10.3. The molecule has 0 aliphatic heterocycles. The van der Waals surface area contributed by atoms with Crippen LogP contribution in [0, 0.1) is 5.82 Å². The minimum Gasteiger partial charge on any atom is -0.288 e. The number of ketones is 1. The van der Waals surface area contributed by atoms with Crippen LogP contribution in [-0.2, 0) is 0 Å². The highest BCUT2D eigenvalue weighted by Crippen LogP contribution is 2.19. The molecule has 0 amide bonds. The molecule has 0 aromatic heterocycles. The zero-order chi connectivity index (χ0) is 12.4. The first-order chi connectivity index (χ1) is 8.08. The Morgan fingerprint density at radius 3 is 2.35 bits per heavy atom. The summed E-state index contributed by atoms with van der Waals surface area (Å²) in [6.45, 7) is 0. The number of carbonyl (C=O) groups is 1. The number of rotatable bonds is 2. The Kier molecular flexibility index (Phi) is 3.46. The van der Waals surface area contributed by atoms with Crippen LogP contribution in [0.1, 0.15) is 15.9 Å². The molecular weight excluding hydrogens is 262 g/mol. The summed E-state index contributed by atoms with van der Waals surface area (Å²) in [5, 5.41) is 0.690. The predicted molar refractivity (Wildman–Crippen MR) is 66.3 cm³/mol. The van der Waals surface area contributed by atoms with Gasteiger partial charge in [-0.05, 0) is 30.3 Å². The van der Waals surface area contributed by atoms with Crippen molar-refractivity contribution in [1.29, 1.82) is 0 Å². The van der Waals surface area contributed by atoms with Gasteiger partial charge in [-0.2, -0.15) is 0 Å². The highest BCUT2D eigenvalue weighted by atomic mass is 35.5. The first-order valence-corrected chi connectivity index (χ1v) is 5.59.